The highest BCUT2D eigenvalue weighted by atomic mass is 32.1. The third kappa shape index (κ3) is 2.74. The van der Waals surface area contributed by atoms with Gasteiger partial charge in [0.05, 0.1) is 4.53 Å². The second-order valence-corrected chi connectivity index (χ2v) is 8.02. The van der Waals surface area contributed by atoms with Crippen molar-refractivity contribution in [2.45, 2.75) is 6.10 Å². The Kier molecular flexibility index (Phi) is 3.82. The van der Waals surface area contributed by atoms with Gasteiger partial charge in [0.1, 0.15) is 6.61 Å². The molecule has 30 heavy (non-hydrogen) atoms. The molecule has 0 spiro atoms. The molecule has 0 radical (unpaired) electrons. The van der Waals surface area contributed by atoms with Crippen LogP contribution < -0.4 is 19.6 Å². The molecule has 0 bridgehead atoms. The molecule has 3 aromatic carbocycles. The number of rotatable bonds is 2. The van der Waals surface area contributed by atoms with Gasteiger partial charge < -0.3 is 9.47 Å². The van der Waals surface area contributed by atoms with E-state index in [1.54, 1.807) is 0 Å². The van der Waals surface area contributed by atoms with Gasteiger partial charge in [0.15, 0.2) is 23.4 Å². The number of hydrogen-bond donors (Lipinski definition) is 0. The average Bonchev–Trinajstić information content (AvgIpc) is 3.33. The molecular weight excluding hydrogens is 398 g/mol. The van der Waals surface area contributed by atoms with Crippen molar-refractivity contribution < 1.29 is 9.47 Å². The molecule has 7 heteroatoms. The van der Waals surface area contributed by atoms with Gasteiger partial charge >= 0.3 is 0 Å². The first-order valence-corrected chi connectivity index (χ1v) is 10.4. The quantitative estimate of drug-likeness (QED) is 0.444. The van der Waals surface area contributed by atoms with E-state index in [1.165, 1.54) is 15.9 Å². The molecule has 1 aliphatic rings. The van der Waals surface area contributed by atoms with E-state index in [-0.39, 0.29) is 5.56 Å². The van der Waals surface area contributed by atoms with Crippen molar-refractivity contribution in [3.63, 3.8) is 0 Å². The highest BCUT2D eigenvalue weighted by molar-refractivity contribution is 7.15. The van der Waals surface area contributed by atoms with Crippen LogP contribution in [0, 0.1) is 0 Å². The van der Waals surface area contributed by atoms with Crippen molar-refractivity contribution in [2.24, 2.45) is 0 Å². The molecule has 0 fully saturated rings. The van der Waals surface area contributed by atoms with Crippen molar-refractivity contribution in [3.05, 3.63) is 93.0 Å². The fourth-order valence-electron chi connectivity index (χ4n) is 3.65. The SMILES string of the molecule is O=c1/c(=C/c2cccc3ccccc23)sc2nc([C@@H]3COc4ccccc4O3)nn12. The van der Waals surface area contributed by atoms with E-state index in [0.717, 1.165) is 16.3 Å². The molecule has 1 aliphatic heterocycles. The number of para-hydroxylation sites is 2. The molecule has 0 saturated carbocycles. The van der Waals surface area contributed by atoms with Crippen LogP contribution in [0.4, 0.5) is 0 Å². The maximum atomic E-state index is 12.9. The van der Waals surface area contributed by atoms with E-state index in [9.17, 15) is 4.79 Å². The fourth-order valence-corrected chi connectivity index (χ4v) is 4.56. The van der Waals surface area contributed by atoms with Crippen LogP contribution in [0.3, 0.4) is 0 Å². The van der Waals surface area contributed by atoms with Crippen LogP contribution >= 0.6 is 11.3 Å². The minimum absolute atomic E-state index is 0.182. The lowest BCUT2D eigenvalue weighted by molar-refractivity contribution is 0.0852. The topological polar surface area (TPSA) is 65.7 Å². The Balaban J connectivity index is 1.40. The number of nitrogens with zero attached hydrogens (tertiary/aromatic N) is 3. The summed E-state index contributed by atoms with van der Waals surface area (Å²) >= 11 is 1.32. The molecule has 6 nitrogen and oxygen atoms in total. The molecule has 0 N–H and O–H groups in total. The summed E-state index contributed by atoms with van der Waals surface area (Å²) in [5.41, 5.74) is 0.814. The molecule has 5 aromatic rings. The van der Waals surface area contributed by atoms with Crippen molar-refractivity contribution in [2.75, 3.05) is 6.61 Å². The maximum absolute atomic E-state index is 12.9. The standard InChI is InChI=1S/C23H15N3O3S/c27-22-20(12-15-8-5-7-14-6-1-2-9-16(14)15)30-23-24-21(25-26(22)23)19-13-28-17-10-3-4-11-18(17)29-19/h1-12,19H,13H2/b20-12-/t19-/m0/s1. The lowest BCUT2D eigenvalue weighted by Crippen LogP contribution is -2.26. The molecule has 2 aromatic heterocycles. The normalized spacial score (nSPS) is 16.4. The van der Waals surface area contributed by atoms with Crippen molar-refractivity contribution in [1.29, 1.82) is 0 Å². The van der Waals surface area contributed by atoms with Crippen molar-refractivity contribution >= 4 is 33.1 Å². The highest BCUT2D eigenvalue weighted by Gasteiger charge is 2.27. The zero-order valence-corrected chi connectivity index (χ0v) is 16.5. The van der Waals surface area contributed by atoms with Gasteiger partial charge in [-0.2, -0.15) is 9.50 Å². The van der Waals surface area contributed by atoms with Crippen LogP contribution in [-0.2, 0) is 0 Å². The van der Waals surface area contributed by atoms with Gasteiger partial charge in [0.2, 0.25) is 4.96 Å². The van der Waals surface area contributed by atoms with Crippen LogP contribution in [-0.4, -0.2) is 21.2 Å². The summed E-state index contributed by atoms with van der Waals surface area (Å²) in [7, 11) is 0. The second kappa shape index (κ2) is 6.67. The Morgan fingerprint density at radius 1 is 1.00 bits per heavy atom. The summed E-state index contributed by atoms with van der Waals surface area (Å²) in [6.07, 6.45) is 1.46. The molecule has 0 amide bonds. The Morgan fingerprint density at radius 3 is 2.70 bits per heavy atom. The summed E-state index contributed by atoms with van der Waals surface area (Å²) in [5.74, 6) is 1.80. The average molecular weight is 413 g/mol. The van der Waals surface area contributed by atoms with E-state index in [2.05, 4.69) is 28.3 Å². The van der Waals surface area contributed by atoms with E-state index >= 15 is 0 Å². The fraction of sp³-hybridized carbons (Fsp3) is 0.0870. The van der Waals surface area contributed by atoms with Crippen LogP contribution in [0.5, 0.6) is 11.5 Å². The Hall–Kier alpha value is -3.71. The van der Waals surface area contributed by atoms with E-state index in [1.807, 2.05) is 54.6 Å². The Bertz CT molecular complexity index is 1520. The molecule has 3 heterocycles. The largest absolute Gasteiger partial charge is 0.485 e. The summed E-state index contributed by atoms with van der Waals surface area (Å²) < 4.78 is 13.6. The Morgan fingerprint density at radius 2 is 1.80 bits per heavy atom. The molecule has 1 atom stereocenters. The first-order valence-electron chi connectivity index (χ1n) is 9.54. The smallest absolute Gasteiger partial charge is 0.291 e. The van der Waals surface area contributed by atoms with E-state index in [4.69, 9.17) is 9.47 Å². The van der Waals surface area contributed by atoms with Gasteiger partial charge in [-0.3, -0.25) is 4.79 Å². The van der Waals surface area contributed by atoms with Crippen molar-refractivity contribution in [3.8, 4) is 11.5 Å². The van der Waals surface area contributed by atoms with E-state index < -0.39 is 6.10 Å². The van der Waals surface area contributed by atoms with Crippen LogP contribution in [0.25, 0.3) is 21.8 Å². The molecule has 0 aliphatic carbocycles. The van der Waals surface area contributed by atoms with E-state index in [0.29, 0.717) is 33.4 Å². The van der Waals surface area contributed by atoms with Crippen LogP contribution in [0.2, 0.25) is 0 Å². The molecule has 6 rings (SSSR count). The number of fused-ring (bicyclic) bond motifs is 3. The summed E-state index contributed by atoms with van der Waals surface area (Å²) in [5, 5.41) is 6.65. The zero-order valence-electron chi connectivity index (χ0n) is 15.7. The molecule has 0 unspecified atom stereocenters. The predicted octanol–water partition coefficient (Wildman–Crippen LogP) is 3.36. The number of benzene rings is 3. The van der Waals surface area contributed by atoms with Crippen LogP contribution in [0.1, 0.15) is 17.5 Å². The zero-order chi connectivity index (χ0) is 20.1. The monoisotopic (exact) mass is 413 g/mol. The minimum atomic E-state index is -0.447. The number of hydrogen-bond acceptors (Lipinski definition) is 6. The number of ether oxygens (including phenoxy) is 2. The Labute approximate surface area is 174 Å². The third-order valence-electron chi connectivity index (χ3n) is 5.10. The lowest BCUT2D eigenvalue weighted by Gasteiger charge is -2.24. The van der Waals surface area contributed by atoms with Gasteiger partial charge in [-0.25, -0.2) is 0 Å². The second-order valence-electron chi connectivity index (χ2n) is 7.01. The molecular formula is C23H15N3O3S. The van der Waals surface area contributed by atoms with Gasteiger partial charge in [0.25, 0.3) is 5.56 Å². The van der Waals surface area contributed by atoms with Gasteiger partial charge in [0, 0.05) is 0 Å². The first-order chi connectivity index (χ1) is 14.8. The third-order valence-corrected chi connectivity index (χ3v) is 6.06. The van der Waals surface area contributed by atoms with Gasteiger partial charge in [-0.05, 0) is 34.5 Å². The minimum Gasteiger partial charge on any atom is -0.485 e. The van der Waals surface area contributed by atoms with Crippen LogP contribution in [0.15, 0.2) is 71.5 Å². The first kappa shape index (κ1) is 17.2. The summed E-state index contributed by atoms with van der Waals surface area (Å²) in [6, 6.07) is 21.7. The number of thiazole rings is 1. The van der Waals surface area contributed by atoms with Gasteiger partial charge in [-0.1, -0.05) is 65.9 Å². The molecule has 146 valence electrons. The lowest BCUT2D eigenvalue weighted by atomic mass is 10.0. The summed E-state index contributed by atoms with van der Waals surface area (Å²) in [6.45, 7) is 0.304. The molecule has 0 saturated heterocycles. The van der Waals surface area contributed by atoms with Crippen molar-refractivity contribution in [1.82, 2.24) is 14.6 Å². The number of aromatic nitrogens is 3. The van der Waals surface area contributed by atoms with Gasteiger partial charge in [-0.15, -0.1) is 5.10 Å². The summed E-state index contributed by atoms with van der Waals surface area (Å²) in [4.78, 5) is 18.0. The predicted molar refractivity (Wildman–Crippen MR) is 115 cm³/mol. The highest BCUT2D eigenvalue weighted by Crippen LogP contribution is 2.35. The maximum Gasteiger partial charge on any atom is 0.291 e.